The van der Waals surface area contributed by atoms with Crippen LogP contribution in [0, 0.1) is 0 Å². The molecule has 78 valence electrons. The van der Waals surface area contributed by atoms with E-state index in [1.165, 1.54) is 7.11 Å². The highest BCUT2D eigenvalue weighted by molar-refractivity contribution is 5.95. The first-order valence-corrected chi connectivity index (χ1v) is 4.81. The van der Waals surface area contributed by atoms with Crippen molar-refractivity contribution >= 4 is 16.9 Å². The van der Waals surface area contributed by atoms with E-state index in [0.29, 0.717) is 5.56 Å². The van der Waals surface area contributed by atoms with E-state index in [1.807, 2.05) is 19.1 Å². The molecule has 0 saturated carbocycles. The van der Waals surface area contributed by atoms with Gasteiger partial charge in [0.15, 0.2) is 0 Å². The van der Waals surface area contributed by atoms with Gasteiger partial charge in [0.1, 0.15) is 0 Å². The number of hydrogen-bond donors (Lipinski definition) is 1. The number of nitrogens with one attached hydrogen (secondary N) is 1. The van der Waals surface area contributed by atoms with Crippen LogP contribution in [-0.4, -0.2) is 23.3 Å². The molecule has 0 aliphatic rings. The van der Waals surface area contributed by atoms with E-state index in [4.69, 9.17) is 0 Å². The van der Waals surface area contributed by atoms with Crippen molar-refractivity contribution in [3.8, 4) is 0 Å². The summed E-state index contributed by atoms with van der Waals surface area (Å²) < 4.78 is 4.67. The van der Waals surface area contributed by atoms with Gasteiger partial charge in [-0.25, -0.2) is 4.79 Å². The number of aryl methyl sites for hydroxylation is 1. The van der Waals surface area contributed by atoms with Crippen LogP contribution in [0.4, 0.5) is 0 Å². The van der Waals surface area contributed by atoms with Crippen LogP contribution in [0.25, 0.3) is 10.9 Å². The number of ether oxygens (including phenoxy) is 1. The first-order chi connectivity index (χ1) is 7.26. The van der Waals surface area contributed by atoms with Gasteiger partial charge >= 0.3 is 5.97 Å². The maximum absolute atomic E-state index is 11.3. The van der Waals surface area contributed by atoms with Gasteiger partial charge < -0.3 is 4.74 Å². The minimum atomic E-state index is -0.319. The Kier molecular flexibility index (Phi) is 2.41. The molecule has 4 heteroatoms. The number of methoxy groups -OCH3 is 1. The minimum absolute atomic E-state index is 0.319. The van der Waals surface area contributed by atoms with E-state index in [1.54, 1.807) is 6.07 Å². The van der Waals surface area contributed by atoms with Gasteiger partial charge in [0.25, 0.3) is 0 Å². The Morgan fingerprint density at radius 2 is 2.33 bits per heavy atom. The lowest BCUT2D eigenvalue weighted by Crippen LogP contribution is -2.00. The summed E-state index contributed by atoms with van der Waals surface area (Å²) in [7, 11) is 1.38. The van der Waals surface area contributed by atoms with Gasteiger partial charge in [0.05, 0.1) is 18.2 Å². The van der Waals surface area contributed by atoms with Crippen molar-refractivity contribution in [3.63, 3.8) is 0 Å². The number of aromatic nitrogens is 2. The van der Waals surface area contributed by atoms with Gasteiger partial charge in [-0.2, -0.15) is 5.10 Å². The summed E-state index contributed by atoms with van der Waals surface area (Å²) in [5.74, 6) is -0.319. The van der Waals surface area contributed by atoms with Crippen molar-refractivity contribution < 1.29 is 9.53 Å². The molecular weight excluding hydrogens is 192 g/mol. The maximum atomic E-state index is 11.3. The number of fused-ring (bicyclic) bond motifs is 1. The standard InChI is InChI=1S/C11H12N2O2/c1-3-9-8-6-7(11(14)15-2)4-5-10(8)13-12-9/h4-6H,3H2,1-2H3,(H,12,13). The van der Waals surface area contributed by atoms with Gasteiger partial charge in [0, 0.05) is 11.1 Å². The summed E-state index contributed by atoms with van der Waals surface area (Å²) in [6, 6.07) is 5.34. The second kappa shape index (κ2) is 3.73. The first-order valence-electron chi connectivity index (χ1n) is 4.81. The lowest BCUT2D eigenvalue weighted by Gasteiger charge is -1.99. The van der Waals surface area contributed by atoms with Crippen LogP contribution in [-0.2, 0) is 11.2 Å². The van der Waals surface area contributed by atoms with Gasteiger partial charge in [-0.1, -0.05) is 6.92 Å². The number of carbonyl (C=O) groups is 1. The Morgan fingerprint density at radius 1 is 1.53 bits per heavy atom. The molecule has 0 radical (unpaired) electrons. The van der Waals surface area contributed by atoms with Crippen LogP contribution in [0.15, 0.2) is 18.2 Å². The second-order valence-corrected chi connectivity index (χ2v) is 3.28. The highest BCUT2D eigenvalue weighted by Gasteiger charge is 2.09. The molecule has 0 spiro atoms. The van der Waals surface area contributed by atoms with Gasteiger partial charge in [0.2, 0.25) is 0 Å². The normalized spacial score (nSPS) is 10.5. The van der Waals surface area contributed by atoms with Gasteiger partial charge in [-0.3, -0.25) is 5.10 Å². The van der Waals surface area contributed by atoms with Gasteiger partial charge in [-0.15, -0.1) is 0 Å². The predicted molar refractivity (Wildman–Crippen MR) is 56.8 cm³/mol. The number of hydrogen-bond acceptors (Lipinski definition) is 3. The Labute approximate surface area is 87.2 Å². The quantitative estimate of drug-likeness (QED) is 0.760. The number of rotatable bonds is 2. The fourth-order valence-electron chi connectivity index (χ4n) is 1.58. The molecule has 4 nitrogen and oxygen atoms in total. The third kappa shape index (κ3) is 1.58. The molecule has 1 aromatic carbocycles. The highest BCUT2D eigenvalue weighted by Crippen LogP contribution is 2.18. The summed E-state index contributed by atoms with van der Waals surface area (Å²) in [6.45, 7) is 2.04. The van der Waals surface area contributed by atoms with E-state index in [2.05, 4.69) is 14.9 Å². The summed E-state index contributed by atoms with van der Waals surface area (Å²) in [5.41, 5.74) is 2.47. The van der Waals surface area contributed by atoms with E-state index < -0.39 is 0 Å². The van der Waals surface area contributed by atoms with Crippen molar-refractivity contribution in [2.45, 2.75) is 13.3 Å². The van der Waals surface area contributed by atoms with Gasteiger partial charge in [-0.05, 0) is 24.6 Å². The van der Waals surface area contributed by atoms with Crippen LogP contribution in [0.2, 0.25) is 0 Å². The number of benzene rings is 1. The fourth-order valence-corrected chi connectivity index (χ4v) is 1.58. The molecule has 1 heterocycles. The third-order valence-electron chi connectivity index (χ3n) is 2.41. The van der Waals surface area contributed by atoms with E-state index in [0.717, 1.165) is 23.0 Å². The highest BCUT2D eigenvalue weighted by atomic mass is 16.5. The van der Waals surface area contributed by atoms with Crippen LogP contribution in [0.1, 0.15) is 23.0 Å². The van der Waals surface area contributed by atoms with E-state index >= 15 is 0 Å². The minimum Gasteiger partial charge on any atom is -0.465 e. The summed E-state index contributed by atoms with van der Waals surface area (Å²) in [6.07, 6.45) is 0.862. The molecule has 0 amide bonds. The third-order valence-corrected chi connectivity index (χ3v) is 2.41. The molecule has 0 atom stereocenters. The van der Waals surface area contributed by atoms with Crippen molar-refractivity contribution in [1.82, 2.24) is 10.2 Å². The topological polar surface area (TPSA) is 55.0 Å². The summed E-state index contributed by atoms with van der Waals surface area (Å²) in [4.78, 5) is 11.3. The first kappa shape index (κ1) is 9.71. The molecule has 2 aromatic rings. The van der Waals surface area contributed by atoms with Crippen LogP contribution < -0.4 is 0 Å². The lowest BCUT2D eigenvalue weighted by atomic mass is 10.1. The number of nitrogens with zero attached hydrogens (tertiary/aromatic N) is 1. The SMILES string of the molecule is CCc1[nH]nc2ccc(C(=O)OC)cc12. The number of aromatic amines is 1. The average molecular weight is 204 g/mol. The lowest BCUT2D eigenvalue weighted by molar-refractivity contribution is 0.0601. The van der Waals surface area contributed by atoms with Crippen LogP contribution in [0.3, 0.4) is 0 Å². The zero-order valence-electron chi connectivity index (χ0n) is 8.70. The molecule has 0 bridgehead atoms. The Bertz CT molecular complexity index is 502. The average Bonchev–Trinajstić information content (AvgIpc) is 2.69. The number of carbonyl (C=O) groups excluding carboxylic acids is 1. The monoisotopic (exact) mass is 204 g/mol. The molecule has 1 aromatic heterocycles. The molecule has 1 N–H and O–H groups in total. The van der Waals surface area contributed by atoms with Crippen molar-refractivity contribution in [2.24, 2.45) is 0 Å². The molecule has 0 saturated heterocycles. The molecule has 0 aliphatic carbocycles. The molecule has 15 heavy (non-hydrogen) atoms. The largest absolute Gasteiger partial charge is 0.465 e. The molecule has 0 unspecified atom stereocenters. The second-order valence-electron chi connectivity index (χ2n) is 3.28. The zero-order valence-corrected chi connectivity index (χ0v) is 8.70. The summed E-state index contributed by atoms with van der Waals surface area (Å²) in [5, 5.41) is 8.07. The van der Waals surface area contributed by atoms with Crippen LogP contribution in [0.5, 0.6) is 0 Å². The Morgan fingerprint density at radius 3 is 3.00 bits per heavy atom. The van der Waals surface area contributed by atoms with Crippen molar-refractivity contribution in [3.05, 3.63) is 29.5 Å². The summed E-state index contributed by atoms with van der Waals surface area (Å²) >= 11 is 0. The molecular formula is C11H12N2O2. The maximum Gasteiger partial charge on any atom is 0.337 e. The van der Waals surface area contributed by atoms with Crippen molar-refractivity contribution in [2.75, 3.05) is 7.11 Å². The van der Waals surface area contributed by atoms with Crippen molar-refractivity contribution in [1.29, 1.82) is 0 Å². The van der Waals surface area contributed by atoms with Crippen LogP contribution >= 0.6 is 0 Å². The smallest absolute Gasteiger partial charge is 0.337 e. The van der Waals surface area contributed by atoms with E-state index in [-0.39, 0.29) is 5.97 Å². The predicted octanol–water partition coefficient (Wildman–Crippen LogP) is 1.91. The Hall–Kier alpha value is -1.84. The Balaban J connectivity index is 2.57. The van der Waals surface area contributed by atoms with E-state index in [9.17, 15) is 4.79 Å². The zero-order chi connectivity index (χ0) is 10.8. The fraction of sp³-hybridized carbons (Fsp3) is 0.273. The number of esters is 1. The molecule has 0 aliphatic heterocycles. The number of H-pyrrole nitrogens is 1. The molecule has 2 rings (SSSR count). The molecule has 0 fully saturated rings.